The lowest BCUT2D eigenvalue weighted by atomic mass is 9.99. The zero-order chi connectivity index (χ0) is 21.1. The highest BCUT2D eigenvalue weighted by molar-refractivity contribution is 5.78. The van der Waals surface area contributed by atoms with E-state index in [4.69, 9.17) is 0 Å². The minimum Gasteiger partial charge on any atom is -0.354 e. The van der Waals surface area contributed by atoms with Crippen LogP contribution in [0.2, 0.25) is 0 Å². The van der Waals surface area contributed by atoms with Gasteiger partial charge in [0.05, 0.1) is 5.69 Å². The van der Waals surface area contributed by atoms with Crippen LogP contribution in [0.1, 0.15) is 29.9 Å². The van der Waals surface area contributed by atoms with Crippen LogP contribution in [-0.4, -0.2) is 32.0 Å². The van der Waals surface area contributed by atoms with E-state index in [9.17, 15) is 14.0 Å². The van der Waals surface area contributed by atoms with Crippen LogP contribution in [0.5, 0.6) is 0 Å². The number of aromatic nitrogens is 4. The molecule has 4 rings (SSSR count). The van der Waals surface area contributed by atoms with Crippen LogP contribution in [0.4, 0.5) is 4.39 Å². The number of hydrogen-bond donors (Lipinski definition) is 2. The maximum Gasteiger partial charge on any atom is 0.254 e. The van der Waals surface area contributed by atoms with Gasteiger partial charge in [0.15, 0.2) is 0 Å². The average Bonchev–Trinajstić information content (AvgIpc) is 3.01. The Balaban J connectivity index is 1.42. The van der Waals surface area contributed by atoms with E-state index in [1.165, 1.54) is 12.1 Å². The first kappa shape index (κ1) is 20.0. The molecule has 0 bridgehead atoms. The zero-order valence-electron chi connectivity index (χ0n) is 16.8. The fourth-order valence-electron chi connectivity index (χ4n) is 3.87. The largest absolute Gasteiger partial charge is 0.354 e. The molecule has 1 unspecified atom stereocenters. The standard InChI is InChI=1S/C22H24FN5O2/c1-14-24-10-12-28(14)13-11-25-21(29)16-4-8-18-19(9-5-16)26-20(27-22(18)30)15-2-6-17(23)7-3-15/h2-3,6-7,10,12,16H,4-5,8-9,11,13H2,1H3,(H,25,29)(H,26,27,30). The molecule has 3 aromatic rings. The van der Waals surface area contributed by atoms with Crippen LogP contribution in [0.3, 0.4) is 0 Å². The molecule has 0 spiro atoms. The number of nitrogens with one attached hydrogen (secondary N) is 2. The Labute approximate surface area is 173 Å². The van der Waals surface area contributed by atoms with Gasteiger partial charge in [-0.2, -0.15) is 0 Å². The number of fused-ring (bicyclic) bond motifs is 1. The van der Waals surface area contributed by atoms with Crippen LogP contribution >= 0.6 is 0 Å². The van der Waals surface area contributed by atoms with Crippen LogP contribution in [0.25, 0.3) is 11.4 Å². The second-order valence-corrected chi connectivity index (χ2v) is 7.58. The smallest absolute Gasteiger partial charge is 0.254 e. The Morgan fingerprint density at radius 3 is 2.77 bits per heavy atom. The van der Waals surface area contributed by atoms with Gasteiger partial charge in [-0.05, 0) is 56.9 Å². The molecule has 0 aliphatic heterocycles. The average molecular weight is 409 g/mol. The van der Waals surface area contributed by atoms with Gasteiger partial charge in [0.2, 0.25) is 5.91 Å². The molecule has 2 aromatic heterocycles. The lowest BCUT2D eigenvalue weighted by Gasteiger charge is -2.14. The molecule has 2 heterocycles. The molecular formula is C22H24FN5O2. The summed E-state index contributed by atoms with van der Waals surface area (Å²) in [5.74, 6) is 0.856. The Kier molecular flexibility index (Phi) is 5.74. The number of carbonyl (C=O) groups excluding carboxylic acids is 1. The fourth-order valence-corrected chi connectivity index (χ4v) is 3.87. The van der Waals surface area contributed by atoms with Gasteiger partial charge in [0.1, 0.15) is 17.5 Å². The molecule has 0 saturated heterocycles. The molecule has 0 radical (unpaired) electrons. The molecular weight excluding hydrogens is 385 g/mol. The van der Waals surface area contributed by atoms with Crippen LogP contribution in [-0.2, 0) is 24.2 Å². The lowest BCUT2D eigenvalue weighted by molar-refractivity contribution is -0.125. The van der Waals surface area contributed by atoms with Gasteiger partial charge in [-0.25, -0.2) is 14.4 Å². The maximum atomic E-state index is 13.2. The molecule has 7 nitrogen and oxygen atoms in total. The summed E-state index contributed by atoms with van der Waals surface area (Å²) in [7, 11) is 0. The minimum absolute atomic E-state index is 0.00996. The third-order valence-electron chi connectivity index (χ3n) is 5.64. The molecule has 1 aromatic carbocycles. The number of rotatable bonds is 5. The molecule has 1 aliphatic rings. The van der Waals surface area contributed by atoms with Crippen molar-refractivity contribution in [3.05, 3.63) is 69.9 Å². The van der Waals surface area contributed by atoms with Gasteiger partial charge in [0.25, 0.3) is 5.56 Å². The molecule has 30 heavy (non-hydrogen) atoms. The number of aryl methyl sites for hydroxylation is 2. The van der Waals surface area contributed by atoms with Gasteiger partial charge in [-0.15, -0.1) is 0 Å². The second-order valence-electron chi connectivity index (χ2n) is 7.58. The van der Waals surface area contributed by atoms with Gasteiger partial charge in [-0.1, -0.05) is 0 Å². The van der Waals surface area contributed by atoms with Crippen molar-refractivity contribution in [2.45, 2.75) is 39.2 Å². The maximum absolute atomic E-state index is 13.2. The third-order valence-corrected chi connectivity index (χ3v) is 5.64. The summed E-state index contributed by atoms with van der Waals surface area (Å²) in [5.41, 5.74) is 1.84. The van der Waals surface area contributed by atoms with E-state index >= 15 is 0 Å². The predicted octanol–water partition coefficient (Wildman–Crippen LogP) is 2.39. The number of halogens is 1. The van der Waals surface area contributed by atoms with Crippen molar-refractivity contribution in [2.24, 2.45) is 5.92 Å². The van der Waals surface area contributed by atoms with Crippen LogP contribution in [0, 0.1) is 18.7 Å². The third kappa shape index (κ3) is 4.32. The second kappa shape index (κ2) is 8.61. The van der Waals surface area contributed by atoms with Gasteiger partial charge in [0, 0.05) is 42.5 Å². The number of amides is 1. The van der Waals surface area contributed by atoms with Crippen LogP contribution < -0.4 is 10.9 Å². The van der Waals surface area contributed by atoms with E-state index in [-0.39, 0.29) is 23.2 Å². The highest BCUT2D eigenvalue weighted by Gasteiger charge is 2.25. The molecule has 8 heteroatoms. The normalized spacial score (nSPS) is 16.0. The summed E-state index contributed by atoms with van der Waals surface area (Å²) in [6.45, 7) is 3.13. The summed E-state index contributed by atoms with van der Waals surface area (Å²) in [6.07, 6.45) is 5.96. The van der Waals surface area contributed by atoms with E-state index in [0.717, 1.165) is 11.5 Å². The number of hydrogen-bond acceptors (Lipinski definition) is 4. The Bertz CT molecular complexity index is 1100. The van der Waals surface area contributed by atoms with Crippen molar-refractivity contribution in [2.75, 3.05) is 6.54 Å². The number of aromatic amines is 1. The monoisotopic (exact) mass is 409 g/mol. The predicted molar refractivity (Wildman–Crippen MR) is 110 cm³/mol. The Morgan fingerprint density at radius 1 is 1.27 bits per heavy atom. The number of H-pyrrole nitrogens is 1. The molecule has 0 saturated carbocycles. The fraction of sp³-hybridized carbons (Fsp3) is 0.364. The summed E-state index contributed by atoms with van der Waals surface area (Å²) < 4.78 is 15.2. The van der Waals surface area contributed by atoms with Gasteiger partial charge < -0.3 is 14.9 Å². The zero-order valence-corrected chi connectivity index (χ0v) is 16.8. The van der Waals surface area contributed by atoms with E-state index in [2.05, 4.69) is 20.3 Å². The van der Waals surface area contributed by atoms with Gasteiger partial charge in [-0.3, -0.25) is 9.59 Å². The summed E-state index contributed by atoms with van der Waals surface area (Å²) >= 11 is 0. The Morgan fingerprint density at radius 2 is 2.03 bits per heavy atom. The molecule has 2 N–H and O–H groups in total. The summed E-state index contributed by atoms with van der Waals surface area (Å²) in [5, 5.41) is 3.00. The van der Waals surface area contributed by atoms with Crippen molar-refractivity contribution in [3.8, 4) is 11.4 Å². The first-order chi connectivity index (χ1) is 14.5. The number of benzene rings is 1. The quantitative estimate of drug-likeness (QED) is 0.633. The minimum atomic E-state index is -0.340. The topological polar surface area (TPSA) is 92.7 Å². The molecule has 1 aliphatic carbocycles. The summed E-state index contributed by atoms with van der Waals surface area (Å²) in [6, 6.07) is 5.86. The van der Waals surface area contributed by atoms with Crippen molar-refractivity contribution in [1.82, 2.24) is 24.8 Å². The number of carbonyl (C=O) groups is 1. The molecule has 0 fully saturated rings. The van der Waals surface area contributed by atoms with E-state index in [0.29, 0.717) is 55.7 Å². The molecule has 1 amide bonds. The molecule has 156 valence electrons. The Hall–Kier alpha value is -3.29. The van der Waals surface area contributed by atoms with Crippen molar-refractivity contribution in [3.63, 3.8) is 0 Å². The van der Waals surface area contributed by atoms with Gasteiger partial charge >= 0.3 is 0 Å². The highest BCUT2D eigenvalue weighted by Crippen LogP contribution is 2.23. The first-order valence-electron chi connectivity index (χ1n) is 10.1. The number of imidazole rings is 1. The van der Waals surface area contributed by atoms with E-state index in [1.54, 1.807) is 18.3 Å². The van der Waals surface area contributed by atoms with E-state index in [1.807, 2.05) is 17.7 Å². The summed E-state index contributed by atoms with van der Waals surface area (Å²) in [4.78, 5) is 36.8. The van der Waals surface area contributed by atoms with E-state index < -0.39 is 0 Å². The SMILES string of the molecule is Cc1nccn1CCNC(=O)C1CCc2nc(-c3ccc(F)cc3)[nH]c(=O)c2CC1. The highest BCUT2D eigenvalue weighted by atomic mass is 19.1. The lowest BCUT2D eigenvalue weighted by Crippen LogP contribution is -2.33. The molecule has 1 atom stereocenters. The van der Waals surface area contributed by atoms with Crippen molar-refractivity contribution < 1.29 is 9.18 Å². The number of nitrogens with zero attached hydrogens (tertiary/aromatic N) is 3. The van der Waals surface area contributed by atoms with Crippen molar-refractivity contribution in [1.29, 1.82) is 0 Å². The van der Waals surface area contributed by atoms with Crippen molar-refractivity contribution >= 4 is 5.91 Å². The first-order valence-corrected chi connectivity index (χ1v) is 10.1. The van der Waals surface area contributed by atoms with Crippen LogP contribution in [0.15, 0.2) is 41.5 Å².